The fourth-order valence-corrected chi connectivity index (χ4v) is 5.42. The lowest BCUT2D eigenvalue weighted by atomic mass is 9.77. The summed E-state index contributed by atoms with van der Waals surface area (Å²) in [6.45, 7) is 8.69. The Morgan fingerprint density at radius 2 is 1.85 bits per heavy atom. The number of carbonyl (C=O) groups is 2. The molecule has 0 atom stereocenters. The van der Waals surface area contributed by atoms with Gasteiger partial charge >= 0.3 is 6.09 Å². The van der Waals surface area contributed by atoms with Gasteiger partial charge in [0.1, 0.15) is 16.8 Å². The molecule has 3 aliphatic rings. The van der Waals surface area contributed by atoms with E-state index in [2.05, 4.69) is 10.1 Å². The van der Waals surface area contributed by atoms with Gasteiger partial charge in [0, 0.05) is 50.4 Å². The molecule has 0 saturated carbocycles. The Hall–Kier alpha value is -2.88. The summed E-state index contributed by atoms with van der Waals surface area (Å²) in [5.41, 5.74) is 0.717. The number of H-pyrrole nitrogens is 1. The first-order chi connectivity index (χ1) is 16.2. The van der Waals surface area contributed by atoms with Crippen LogP contribution in [0.1, 0.15) is 74.8 Å². The molecule has 3 aliphatic heterocycles. The molecule has 0 aromatic carbocycles. The fraction of sp³-hybridized carbons (Fsp3) is 0.667. The van der Waals surface area contributed by atoms with Crippen molar-refractivity contribution in [1.29, 1.82) is 0 Å². The molecule has 0 aliphatic carbocycles. The molecule has 0 unspecified atom stereocenters. The van der Waals surface area contributed by atoms with Crippen LogP contribution in [0, 0.1) is 0 Å². The molecule has 0 radical (unpaired) electrons. The lowest BCUT2D eigenvalue weighted by molar-refractivity contribution is -0.0695. The topological polar surface area (TPSA) is 109 Å². The second kappa shape index (κ2) is 8.41. The monoisotopic (exact) mass is 471 g/mol. The molecule has 2 amide bonds. The van der Waals surface area contributed by atoms with Crippen molar-refractivity contribution in [3.8, 4) is 0 Å². The molecule has 184 valence electrons. The van der Waals surface area contributed by atoms with Gasteiger partial charge in [0.25, 0.3) is 11.5 Å². The summed E-state index contributed by atoms with van der Waals surface area (Å²) in [5, 5.41) is 4.50. The highest BCUT2D eigenvalue weighted by molar-refractivity contribution is 6.00. The largest absolute Gasteiger partial charge is 0.444 e. The van der Waals surface area contributed by atoms with E-state index in [0.29, 0.717) is 56.9 Å². The van der Waals surface area contributed by atoms with E-state index in [0.717, 1.165) is 25.0 Å². The van der Waals surface area contributed by atoms with E-state index in [-0.39, 0.29) is 29.0 Å². The normalized spacial score (nSPS) is 21.0. The average molecular weight is 472 g/mol. The third-order valence-corrected chi connectivity index (χ3v) is 7.37. The molecule has 5 heterocycles. The van der Waals surface area contributed by atoms with Gasteiger partial charge in [-0.25, -0.2) is 9.31 Å². The quantitative estimate of drug-likeness (QED) is 0.721. The Labute approximate surface area is 198 Å². The minimum Gasteiger partial charge on any atom is -0.444 e. The highest BCUT2D eigenvalue weighted by atomic mass is 16.6. The molecule has 3 fully saturated rings. The van der Waals surface area contributed by atoms with E-state index in [1.165, 1.54) is 0 Å². The zero-order valence-corrected chi connectivity index (χ0v) is 20.1. The van der Waals surface area contributed by atoms with E-state index in [4.69, 9.17) is 9.47 Å². The van der Waals surface area contributed by atoms with Crippen LogP contribution in [-0.2, 0) is 9.47 Å². The highest BCUT2D eigenvalue weighted by Gasteiger charge is 2.48. The minimum absolute atomic E-state index is 0.0529. The molecule has 1 N–H and O–H groups in total. The highest BCUT2D eigenvalue weighted by Crippen LogP contribution is 2.40. The van der Waals surface area contributed by atoms with Crippen molar-refractivity contribution in [3.05, 3.63) is 33.9 Å². The maximum atomic E-state index is 13.5. The van der Waals surface area contributed by atoms with Crippen molar-refractivity contribution in [2.45, 2.75) is 69.9 Å². The summed E-state index contributed by atoms with van der Waals surface area (Å²) in [4.78, 5) is 44.9. The summed E-state index contributed by atoms with van der Waals surface area (Å²) in [6.07, 6.45) is 5.31. The van der Waals surface area contributed by atoms with Crippen LogP contribution < -0.4 is 5.56 Å². The van der Waals surface area contributed by atoms with E-state index in [1.54, 1.807) is 21.7 Å². The van der Waals surface area contributed by atoms with Gasteiger partial charge < -0.3 is 24.3 Å². The SMILES string of the molecule is CC(C)(C)OC(=O)N1CCC(c2cc(=O)[nH]c3c(C(=O)N4CCC45CCOCC5)cnn23)CC1. The summed E-state index contributed by atoms with van der Waals surface area (Å²) < 4.78 is 12.7. The minimum atomic E-state index is -0.537. The molecule has 10 heteroatoms. The Morgan fingerprint density at radius 1 is 1.15 bits per heavy atom. The third-order valence-electron chi connectivity index (χ3n) is 7.37. The molecular formula is C24H33N5O5. The molecule has 0 bridgehead atoms. The molecule has 1 spiro atoms. The molecule has 3 saturated heterocycles. The van der Waals surface area contributed by atoms with Crippen molar-refractivity contribution >= 4 is 17.6 Å². The Bertz CT molecular complexity index is 1150. The zero-order chi connectivity index (χ0) is 24.1. The van der Waals surface area contributed by atoms with Gasteiger partial charge in [0.2, 0.25) is 0 Å². The van der Waals surface area contributed by atoms with Crippen LogP contribution in [0.5, 0.6) is 0 Å². The number of piperidine rings is 1. The summed E-state index contributed by atoms with van der Waals surface area (Å²) in [5.74, 6) is -0.0344. The number of nitrogens with one attached hydrogen (secondary N) is 1. The number of hydrogen-bond donors (Lipinski definition) is 1. The fourth-order valence-electron chi connectivity index (χ4n) is 5.42. The van der Waals surface area contributed by atoms with Gasteiger partial charge in [-0.1, -0.05) is 0 Å². The predicted molar refractivity (Wildman–Crippen MR) is 124 cm³/mol. The number of rotatable bonds is 2. The van der Waals surface area contributed by atoms with E-state index < -0.39 is 5.60 Å². The number of ether oxygens (including phenoxy) is 2. The van der Waals surface area contributed by atoms with Crippen molar-refractivity contribution < 1.29 is 19.1 Å². The van der Waals surface area contributed by atoms with Crippen molar-refractivity contribution in [2.24, 2.45) is 0 Å². The number of fused-ring (bicyclic) bond motifs is 1. The molecule has 34 heavy (non-hydrogen) atoms. The number of carbonyl (C=O) groups excluding carboxylic acids is 2. The standard InChI is InChI=1S/C24H33N5O5/c1-23(2,3)34-22(32)27-9-4-16(5-10-27)18-14-19(30)26-20-17(15-25-29(18)20)21(31)28-11-6-24(28)7-12-33-13-8-24/h14-16H,4-13H2,1-3H3,(H,26,30). The molecular weight excluding hydrogens is 438 g/mol. The van der Waals surface area contributed by atoms with Gasteiger partial charge in [0.05, 0.1) is 11.9 Å². The van der Waals surface area contributed by atoms with E-state index >= 15 is 0 Å². The molecule has 2 aromatic rings. The van der Waals surface area contributed by atoms with Crippen LogP contribution in [0.2, 0.25) is 0 Å². The summed E-state index contributed by atoms with van der Waals surface area (Å²) >= 11 is 0. The number of likely N-dealkylation sites (tertiary alicyclic amines) is 2. The van der Waals surface area contributed by atoms with Gasteiger partial charge in [0.15, 0.2) is 0 Å². The first-order valence-corrected chi connectivity index (χ1v) is 12.2. The zero-order valence-electron chi connectivity index (χ0n) is 20.1. The second-order valence-corrected chi connectivity index (χ2v) is 10.7. The third kappa shape index (κ3) is 4.08. The smallest absolute Gasteiger partial charge is 0.410 e. The number of nitrogens with zero attached hydrogens (tertiary/aromatic N) is 4. The first kappa shape index (κ1) is 22.9. The molecule has 5 rings (SSSR count). The van der Waals surface area contributed by atoms with Crippen LogP contribution in [0.3, 0.4) is 0 Å². The molecule has 10 nitrogen and oxygen atoms in total. The predicted octanol–water partition coefficient (Wildman–Crippen LogP) is 2.53. The first-order valence-electron chi connectivity index (χ1n) is 12.2. The van der Waals surface area contributed by atoms with Crippen molar-refractivity contribution in [2.75, 3.05) is 32.8 Å². The lowest BCUT2D eigenvalue weighted by Gasteiger charge is -2.54. The van der Waals surface area contributed by atoms with Crippen LogP contribution in [0.4, 0.5) is 4.79 Å². The van der Waals surface area contributed by atoms with Gasteiger partial charge in [-0.2, -0.15) is 5.10 Å². The second-order valence-electron chi connectivity index (χ2n) is 10.7. The summed E-state index contributed by atoms with van der Waals surface area (Å²) in [6, 6.07) is 1.56. The number of aromatic amines is 1. The van der Waals surface area contributed by atoms with Gasteiger partial charge in [-0.05, 0) is 52.9 Å². The van der Waals surface area contributed by atoms with Crippen LogP contribution in [0.15, 0.2) is 17.1 Å². The Kier molecular flexibility index (Phi) is 5.66. The van der Waals surface area contributed by atoms with Crippen molar-refractivity contribution in [3.63, 3.8) is 0 Å². The van der Waals surface area contributed by atoms with Gasteiger partial charge in [-0.15, -0.1) is 0 Å². The Balaban J connectivity index is 1.36. The van der Waals surface area contributed by atoms with Crippen LogP contribution in [-0.4, -0.2) is 80.4 Å². The van der Waals surface area contributed by atoms with E-state index in [9.17, 15) is 14.4 Å². The lowest BCUT2D eigenvalue weighted by Crippen LogP contribution is -2.64. The van der Waals surface area contributed by atoms with Crippen LogP contribution >= 0.6 is 0 Å². The Morgan fingerprint density at radius 3 is 2.47 bits per heavy atom. The number of hydrogen-bond acceptors (Lipinski definition) is 6. The average Bonchev–Trinajstić information content (AvgIpc) is 3.21. The van der Waals surface area contributed by atoms with E-state index in [1.807, 2.05) is 25.7 Å². The maximum Gasteiger partial charge on any atom is 0.410 e. The van der Waals surface area contributed by atoms with Crippen LogP contribution in [0.25, 0.3) is 5.65 Å². The van der Waals surface area contributed by atoms with Gasteiger partial charge in [-0.3, -0.25) is 9.59 Å². The summed E-state index contributed by atoms with van der Waals surface area (Å²) in [7, 11) is 0. The number of amides is 2. The molecule has 2 aromatic heterocycles. The van der Waals surface area contributed by atoms with Crippen molar-refractivity contribution in [1.82, 2.24) is 24.4 Å². The number of aromatic nitrogens is 3. The maximum absolute atomic E-state index is 13.5.